The molecule has 3 unspecified atom stereocenters. The number of aromatic nitrogens is 1. The van der Waals surface area contributed by atoms with E-state index in [0.29, 0.717) is 22.7 Å². The van der Waals surface area contributed by atoms with Crippen LogP contribution in [0.4, 0.5) is 5.13 Å². The average Bonchev–Trinajstić information content (AvgIpc) is 2.83. The molecule has 1 aromatic heterocycles. The van der Waals surface area contributed by atoms with Crippen molar-refractivity contribution in [2.75, 3.05) is 24.2 Å². The molecule has 1 fully saturated rings. The molecule has 3 nitrogen and oxygen atoms in total. The van der Waals surface area contributed by atoms with Crippen molar-refractivity contribution in [3.63, 3.8) is 0 Å². The Balaban J connectivity index is 1.91. The number of rotatable bonds is 2. The number of hydrogen-bond acceptors (Lipinski definition) is 5. The summed E-state index contributed by atoms with van der Waals surface area (Å²) in [5, 5.41) is 5.44. The molecule has 0 saturated carbocycles. The van der Waals surface area contributed by atoms with Crippen LogP contribution in [0, 0.1) is 5.41 Å². The maximum atomic E-state index is 5.05. The van der Waals surface area contributed by atoms with Crippen LogP contribution in [0.2, 0.25) is 0 Å². The van der Waals surface area contributed by atoms with Crippen LogP contribution in [0.5, 0.6) is 0 Å². The van der Waals surface area contributed by atoms with Gasteiger partial charge in [-0.2, -0.15) is 11.8 Å². The van der Waals surface area contributed by atoms with Crippen LogP contribution in [-0.4, -0.2) is 35.6 Å². The van der Waals surface area contributed by atoms with E-state index in [1.807, 2.05) is 11.3 Å². The van der Waals surface area contributed by atoms with E-state index in [1.165, 1.54) is 27.9 Å². The van der Waals surface area contributed by atoms with Gasteiger partial charge >= 0.3 is 0 Å². The van der Waals surface area contributed by atoms with E-state index in [0.717, 1.165) is 13.0 Å². The molecule has 2 aliphatic rings. The zero-order chi connectivity index (χ0) is 15.2. The lowest BCUT2D eigenvalue weighted by atomic mass is 9.76. The van der Waals surface area contributed by atoms with E-state index in [2.05, 4.69) is 56.7 Å². The van der Waals surface area contributed by atoms with Gasteiger partial charge in [0.25, 0.3) is 0 Å². The molecule has 1 aliphatic heterocycles. The predicted octanol–water partition coefficient (Wildman–Crippen LogP) is 3.71. The summed E-state index contributed by atoms with van der Waals surface area (Å²) in [6, 6.07) is 1.05. The van der Waals surface area contributed by atoms with E-state index in [9.17, 15) is 0 Å². The van der Waals surface area contributed by atoms with Crippen molar-refractivity contribution < 1.29 is 0 Å². The molecule has 1 saturated heterocycles. The van der Waals surface area contributed by atoms with Crippen LogP contribution >= 0.6 is 23.1 Å². The standard InChI is InChI=1S/C16H27N3S2/c1-10-11(2)20-7-6-19(10)15-18-13-9-16(3,4)8-12(17-5)14(13)21-15/h10-12,17H,6-9H2,1-5H3. The molecule has 0 amide bonds. The maximum absolute atomic E-state index is 5.05. The van der Waals surface area contributed by atoms with E-state index in [1.54, 1.807) is 0 Å². The van der Waals surface area contributed by atoms with Crippen LogP contribution in [0.15, 0.2) is 0 Å². The van der Waals surface area contributed by atoms with Gasteiger partial charge in [0.1, 0.15) is 0 Å². The Morgan fingerprint density at radius 1 is 1.33 bits per heavy atom. The molecule has 0 radical (unpaired) electrons. The number of nitrogens with one attached hydrogen (secondary N) is 1. The zero-order valence-corrected chi connectivity index (χ0v) is 15.4. The van der Waals surface area contributed by atoms with Crippen LogP contribution < -0.4 is 10.2 Å². The lowest BCUT2D eigenvalue weighted by Gasteiger charge is -2.37. The van der Waals surface area contributed by atoms with Crippen LogP contribution in [0.1, 0.15) is 50.7 Å². The third-order valence-corrected chi connectivity index (χ3v) is 7.50. The molecule has 0 bridgehead atoms. The van der Waals surface area contributed by atoms with E-state index in [4.69, 9.17) is 4.98 Å². The van der Waals surface area contributed by atoms with Crippen LogP contribution in [0.25, 0.3) is 0 Å². The predicted molar refractivity (Wildman–Crippen MR) is 94.7 cm³/mol. The molecule has 2 heterocycles. The molecule has 118 valence electrons. The van der Waals surface area contributed by atoms with Crippen molar-refractivity contribution >= 4 is 28.2 Å². The summed E-state index contributed by atoms with van der Waals surface area (Å²) in [4.78, 5) is 9.06. The quantitative estimate of drug-likeness (QED) is 0.897. The summed E-state index contributed by atoms with van der Waals surface area (Å²) in [5.41, 5.74) is 1.69. The molecule has 1 N–H and O–H groups in total. The molecule has 1 aliphatic carbocycles. The minimum atomic E-state index is 0.350. The molecular formula is C16H27N3S2. The highest BCUT2D eigenvalue weighted by Gasteiger charge is 2.36. The van der Waals surface area contributed by atoms with Gasteiger partial charge in [-0.05, 0) is 32.2 Å². The third kappa shape index (κ3) is 2.97. The second kappa shape index (κ2) is 5.74. The minimum absolute atomic E-state index is 0.350. The van der Waals surface area contributed by atoms with Gasteiger partial charge < -0.3 is 10.2 Å². The topological polar surface area (TPSA) is 28.2 Å². The van der Waals surface area contributed by atoms with Gasteiger partial charge in [0.05, 0.1) is 5.69 Å². The molecule has 0 spiro atoms. The number of hydrogen-bond donors (Lipinski definition) is 1. The Hall–Kier alpha value is -0.260. The maximum Gasteiger partial charge on any atom is 0.186 e. The first-order valence-electron chi connectivity index (χ1n) is 7.96. The third-order valence-electron chi connectivity index (χ3n) is 4.91. The SMILES string of the molecule is CNC1CC(C)(C)Cc2nc(N3CCSC(C)C3C)sc21. The molecule has 5 heteroatoms. The van der Waals surface area contributed by atoms with Crippen molar-refractivity contribution in [2.45, 2.75) is 57.9 Å². The number of fused-ring (bicyclic) bond motifs is 1. The summed E-state index contributed by atoms with van der Waals surface area (Å²) < 4.78 is 0. The summed E-state index contributed by atoms with van der Waals surface area (Å²) in [6.07, 6.45) is 2.32. The summed E-state index contributed by atoms with van der Waals surface area (Å²) in [7, 11) is 2.08. The van der Waals surface area contributed by atoms with E-state index in [-0.39, 0.29) is 0 Å². The second-order valence-electron chi connectivity index (χ2n) is 7.20. The Bertz CT molecular complexity index is 512. The fraction of sp³-hybridized carbons (Fsp3) is 0.812. The second-order valence-corrected chi connectivity index (χ2v) is 9.70. The average molecular weight is 326 g/mol. The smallest absolute Gasteiger partial charge is 0.186 e. The van der Waals surface area contributed by atoms with E-state index >= 15 is 0 Å². The largest absolute Gasteiger partial charge is 0.343 e. The Morgan fingerprint density at radius 3 is 2.81 bits per heavy atom. The summed E-state index contributed by atoms with van der Waals surface area (Å²) >= 11 is 4.01. The zero-order valence-electron chi connectivity index (χ0n) is 13.8. The normalized spacial score (nSPS) is 32.0. The van der Waals surface area contributed by atoms with Gasteiger partial charge in [0.15, 0.2) is 5.13 Å². The van der Waals surface area contributed by atoms with Crippen molar-refractivity contribution in [3.05, 3.63) is 10.6 Å². The Morgan fingerprint density at radius 2 is 2.10 bits per heavy atom. The summed E-state index contributed by atoms with van der Waals surface area (Å²) in [6.45, 7) is 10.5. The van der Waals surface area contributed by atoms with Gasteiger partial charge in [0, 0.05) is 34.5 Å². The first-order chi connectivity index (χ1) is 9.91. The molecule has 21 heavy (non-hydrogen) atoms. The lowest BCUT2D eigenvalue weighted by molar-refractivity contribution is 0.265. The highest BCUT2D eigenvalue weighted by molar-refractivity contribution is 8.00. The first-order valence-corrected chi connectivity index (χ1v) is 9.83. The highest BCUT2D eigenvalue weighted by atomic mass is 32.2. The molecule has 0 aromatic carbocycles. The van der Waals surface area contributed by atoms with Gasteiger partial charge in [-0.15, -0.1) is 0 Å². The van der Waals surface area contributed by atoms with Gasteiger partial charge in [-0.1, -0.05) is 32.1 Å². The lowest BCUT2D eigenvalue weighted by Crippen LogP contribution is -2.44. The van der Waals surface area contributed by atoms with Gasteiger partial charge in [0.2, 0.25) is 0 Å². The molecule has 1 aromatic rings. The first kappa shape index (κ1) is 15.6. The van der Waals surface area contributed by atoms with E-state index < -0.39 is 0 Å². The Labute approximate surface area is 136 Å². The van der Waals surface area contributed by atoms with Gasteiger partial charge in [-0.3, -0.25) is 0 Å². The number of thioether (sulfide) groups is 1. The van der Waals surface area contributed by atoms with Crippen molar-refractivity contribution in [3.8, 4) is 0 Å². The van der Waals surface area contributed by atoms with Gasteiger partial charge in [-0.25, -0.2) is 4.98 Å². The fourth-order valence-electron chi connectivity index (χ4n) is 3.48. The molecular weight excluding hydrogens is 298 g/mol. The van der Waals surface area contributed by atoms with Crippen molar-refractivity contribution in [1.82, 2.24) is 10.3 Å². The summed E-state index contributed by atoms with van der Waals surface area (Å²) in [5.74, 6) is 1.22. The number of thiazole rings is 1. The fourth-order valence-corrected chi connectivity index (χ4v) is 5.89. The monoisotopic (exact) mass is 325 g/mol. The molecule has 3 atom stereocenters. The number of anilines is 1. The van der Waals surface area contributed by atoms with Crippen LogP contribution in [0.3, 0.4) is 0 Å². The van der Waals surface area contributed by atoms with Crippen LogP contribution in [-0.2, 0) is 6.42 Å². The molecule has 3 rings (SSSR count). The minimum Gasteiger partial charge on any atom is -0.343 e. The number of nitrogens with zero attached hydrogens (tertiary/aromatic N) is 2. The van der Waals surface area contributed by atoms with Crippen molar-refractivity contribution in [2.24, 2.45) is 5.41 Å². The highest BCUT2D eigenvalue weighted by Crippen LogP contribution is 2.45. The van der Waals surface area contributed by atoms with Crippen molar-refractivity contribution in [1.29, 1.82) is 0 Å². The Kier molecular flexibility index (Phi) is 4.27.